The fourth-order valence-electron chi connectivity index (χ4n) is 5.95. The van der Waals surface area contributed by atoms with Crippen LogP contribution in [0.5, 0.6) is 5.75 Å². The van der Waals surface area contributed by atoms with Crippen LogP contribution >= 0.6 is 0 Å². The second-order valence-corrected chi connectivity index (χ2v) is 10.5. The smallest absolute Gasteiger partial charge is 0.197 e. The van der Waals surface area contributed by atoms with Gasteiger partial charge in [-0.1, -0.05) is 13.8 Å². The highest BCUT2D eigenvalue weighted by atomic mass is 19.1. The molecule has 1 saturated carbocycles. The first-order chi connectivity index (χ1) is 17.0. The predicted octanol–water partition coefficient (Wildman–Crippen LogP) is 5.85. The van der Waals surface area contributed by atoms with E-state index in [0.717, 1.165) is 78.6 Å². The standard InChI is InChI=1S/C27H32FN5O2/c1-15(2)23-25(19-9-22(34-3)27-29-14-30-33(27)11-19)31-21-10-20(28)24(32-26(21)23)18-6-4-16(5-7-18)8-17-12-35-13-17/h9-11,14-18,31H,4-8,12-13H2,1-3H3. The number of rotatable bonds is 6. The number of aromatic nitrogens is 5. The van der Waals surface area contributed by atoms with Crippen molar-refractivity contribution in [2.75, 3.05) is 20.3 Å². The Morgan fingerprint density at radius 2 is 1.97 bits per heavy atom. The molecule has 4 aromatic rings. The molecule has 0 spiro atoms. The number of halogens is 1. The SMILES string of the molecule is COc1cc(-c2[nH]c3cc(F)c(C4CCC(CC5COC5)CC4)nc3c2C(C)C)cn2ncnc12. The van der Waals surface area contributed by atoms with Gasteiger partial charge in [0, 0.05) is 35.2 Å². The van der Waals surface area contributed by atoms with Crippen molar-refractivity contribution in [3.63, 3.8) is 0 Å². The number of ether oxygens (including phenoxy) is 2. The van der Waals surface area contributed by atoms with Gasteiger partial charge in [-0.2, -0.15) is 5.10 Å². The first kappa shape index (κ1) is 22.5. The van der Waals surface area contributed by atoms with Gasteiger partial charge in [0.25, 0.3) is 0 Å². The number of nitrogens with zero attached hydrogens (tertiary/aromatic N) is 4. The Balaban J connectivity index is 1.36. The summed E-state index contributed by atoms with van der Waals surface area (Å²) in [5, 5.41) is 4.29. The van der Waals surface area contributed by atoms with Crippen LogP contribution in [0.2, 0.25) is 0 Å². The molecule has 5 heterocycles. The average molecular weight is 478 g/mol. The van der Waals surface area contributed by atoms with E-state index in [2.05, 4.69) is 28.9 Å². The van der Waals surface area contributed by atoms with Gasteiger partial charge in [-0.05, 0) is 50.0 Å². The maximum absolute atomic E-state index is 15.4. The Labute approximate surface area is 204 Å². The summed E-state index contributed by atoms with van der Waals surface area (Å²) in [4.78, 5) is 12.7. The molecule has 0 amide bonds. The summed E-state index contributed by atoms with van der Waals surface area (Å²) in [6.07, 6.45) is 8.98. The molecule has 0 radical (unpaired) electrons. The monoisotopic (exact) mass is 477 g/mol. The topological polar surface area (TPSA) is 77.3 Å². The quantitative estimate of drug-likeness (QED) is 0.377. The third-order valence-corrected chi connectivity index (χ3v) is 7.82. The molecule has 1 saturated heterocycles. The minimum atomic E-state index is -0.208. The predicted molar refractivity (Wildman–Crippen MR) is 132 cm³/mol. The second kappa shape index (κ2) is 8.90. The van der Waals surface area contributed by atoms with E-state index in [1.54, 1.807) is 17.7 Å². The minimum absolute atomic E-state index is 0.179. The normalized spacial score (nSPS) is 21.2. The van der Waals surface area contributed by atoms with Gasteiger partial charge >= 0.3 is 0 Å². The minimum Gasteiger partial charge on any atom is -0.493 e. The number of H-pyrrole nitrogens is 1. The number of methoxy groups -OCH3 is 1. The van der Waals surface area contributed by atoms with Crippen LogP contribution in [0.25, 0.3) is 27.9 Å². The molecular weight excluding hydrogens is 445 g/mol. The first-order valence-corrected chi connectivity index (χ1v) is 12.7. The lowest BCUT2D eigenvalue weighted by molar-refractivity contribution is -0.0448. The summed E-state index contributed by atoms with van der Waals surface area (Å²) < 4.78 is 28.0. The van der Waals surface area contributed by atoms with Crippen molar-refractivity contribution < 1.29 is 13.9 Å². The average Bonchev–Trinajstić information content (AvgIpc) is 3.45. The van der Waals surface area contributed by atoms with Gasteiger partial charge in [0.2, 0.25) is 0 Å². The van der Waals surface area contributed by atoms with E-state index in [1.165, 1.54) is 12.7 Å². The van der Waals surface area contributed by atoms with Crippen molar-refractivity contribution in [3.8, 4) is 17.0 Å². The van der Waals surface area contributed by atoms with Crippen LogP contribution in [-0.4, -0.2) is 44.9 Å². The Kier molecular flexibility index (Phi) is 5.71. The van der Waals surface area contributed by atoms with Gasteiger partial charge in [0.15, 0.2) is 11.4 Å². The van der Waals surface area contributed by atoms with Gasteiger partial charge in [-0.25, -0.2) is 18.9 Å². The summed E-state index contributed by atoms with van der Waals surface area (Å²) in [5.74, 6) is 2.27. The Morgan fingerprint density at radius 1 is 1.17 bits per heavy atom. The molecule has 1 aliphatic carbocycles. The molecule has 0 bridgehead atoms. The van der Waals surface area contributed by atoms with E-state index in [4.69, 9.17) is 14.5 Å². The number of nitrogens with one attached hydrogen (secondary N) is 1. The van der Waals surface area contributed by atoms with Crippen molar-refractivity contribution in [2.45, 2.75) is 57.8 Å². The number of hydrogen-bond donors (Lipinski definition) is 1. The van der Waals surface area contributed by atoms with Gasteiger partial charge in [-0.3, -0.25) is 0 Å². The lowest BCUT2D eigenvalue weighted by atomic mass is 9.76. The molecular formula is C27H32FN5O2. The fraction of sp³-hybridized carbons (Fsp3) is 0.519. The summed E-state index contributed by atoms with van der Waals surface area (Å²) in [7, 11) is 1.63. The first-order valence-electron chi connectivity index (χ1n) is 12.7. The van der Waals surface area contributed by atoms with Crippen LogP contribution in [0.3, 0.4) is 0 Å². The second-order valence-electron chi connectivity index (χ2n) is 10.5. The van der Waals surface area contributed by atoms with E-state index in [1.807, 2.05) is 12.3 Å². The summed E-state index contributed by atoms with van der Waals surface area (Å²) >= 11 is 0. The van der Waals surface area contributed by atoms with Crippen LogP contribution in [0.1, 0.15) is 69.0 Å². The van der Waals surface area contributed by atoms with E-state index in [-0.39, 0.29) is 17.7 Å². The molecule has 0 aromatic carbocycles. The lowest BCUT2D eigenvalue weighted by Gasteiger charge is -2.34. The zero-order valence-corrected chi connectivity index (χ0v) is 20.6. The Morgan fingerprint density at radius 3 is 2.66 bits per heavy atom. The fourth-order valence-corrected chi connectivity index (χ4v) is 5.95. The Hall–Kier alpha value is -3.00. The molecule has 184 valence electrons. The zero-order valence-electron chi connectivity index (χ0n) is 20.6. The molecule has 0 atom stereocenters. The molecule has 8 heteroatoms. The molecule has 35 heavy (non-hydrogen) atoms. The van der Waals surface area contributed by atoms with Crippen LogP contribution in [0.15, 0.2) is 24.7 Å². The van der Waals surface area contributed by atoms with Crippen molar-refractivity contribution in [1.29, 1.82) is 0 Å². The van der Waals surface area contributed by atoms with Gasteiger partial charge in [0.05, 0.1) is 42.7 Å². The van der Waals surface area contributed by atoms with Gasteiger partial charge in [0.1, 0.15) is 12.1 Å². The van der Waals surface area contributed by atoms with Crippen molar-refractivity contribution in [1.82, 2.24) is 24.6 Å². The van der Waals surface area contributed by atoms with Crippen molar-refractivity contribution in [3.05, 3.63) is 41.7 Å². The molecule has 0 unspecified atom stereocenters. The van der Waals surface area contributed by atoms with Gasteiger partial charge < -0.3 is 14.5 Å². The summed E-state index contributed by atoms with van der Waals surface area (Å²) in [6.45, 7) is 6.13. The third-order valence-electron chi connectivity index (χ3n) is 7.82. The van der Waals surface area contributed by atoms with Crippen LogP contribution in [0.4, 0.5) is 4.39 Å². The molecule has 6 rings (SSSR count). The number of hydrogen-bond acceptors (Lipinski definition) is 5. The molecule has 1 N–H and O–H groups in total. The van der Waals surface area contributed by atoms with E-state index in [9.17, 15) is 0 Å². The summed E-state index contributed by atoms with van der Waals surface area (Å²) in [6, 6.07) is 3.59. The van der Waals surface area contributed by atoms with E-state index < -0.39 is 0 Å². The lowest BCUT2D eigenvalue weighted by Crippen LogP contribution is -2.30. The molecule has 7 nitrogen and oxygen atoms in total. The number of pyridine rings is 2. The summed E-state index contributed by atoms with van der Waals surface area (Å²) in [5.41, 5.74) is 5.77. The molecule has 2 fully saturated rings. The number of fused-ring (bicyclic) bond motifs is 2. The van der Waals surface area contributed by atoms with Crippen molar-refractivity contribution in [2.24, 2.45) is 11.8 Å². The van der Waals surface area contributed by atoms with Crippen LogP contribution in [0, 0.1) is 17.7 Å². The third kappa shape index (κ3) is 3.97. The zero-order chi connectivity index (χ0) is 24.1. The van der Waals surface area contributed by atoms with E-state index in [0.29, 0.717) is 17.1 Å². The Bertz CT molecular complexity index is 1370. The van der Waals surface area contributed by atoms with Crippen molar-refractivity contribution >= 4 is 16.7 Å². The maximum atomic E-state index is 15.4. The van der Waals surface area contributed by atoms with Crippen LogP contribution in [-0.2, 0) is 4.74 Å². The largest absolute Gasteiger partial charge is 0.493 e. The highest BCUT2D eigenvalue weighted by Gasteiger charge is 2.30. The van der Waals surface area contributed by atoms with E-state index >= 15 is 4.39 Å². The number of aromatic amines is 1. The van der Waals surface area contributed by atoms with Gasteiger partial charge in [-0.15, -0.1) is 0 Å². The highest BCUT2D eigenvalue weighted by molar-refractivity contribution is 5.89. The van der Waals surface area contributed by atoms with Crippen LogP contribution < -0.4 is 4.74 Å². The highest BCUT2D eigenvalue weighted by Crippen LogP contribution is 2.42. The molecule has 2 aliphatic rings. The molecule has 4 aromatic heterocycles. The molecule has 1 aliphatic heterocycles. The maximum Gasteiger partial charge on any atom is 0.197 e.